The van der Waals surface area contributed by atoms with Crippen LogP contribution in [0.5, 0.6) is 0 Å². The molecular weight excluding hydrogens is 284 g/mol. The summed E-state index contributed by atoms with van der Waals surface area (Å²) in [5, 5.41) is 0.160. The number of anilines is 1. The fraction of sp³-hybridized carbons (Fsp3) is 0.385. The van der Waals surface area contributed by atoms with Gasteiger partial charge in [0.2, 0.25) is 10.0 Å². The third kappa shape index (κ3) is 3.49. The first-order chi connectivity index (χ1) is 8.60. The van der Waals surface area contributed by atoms with Gasteiger partial charge in [-0.2, -0.15) is 4.31 Å². The zero-order chi connectivity index (χ0) is 14.8. The summed E-state index contributed by atoms with van der Waals surface area (Å²) in [6, 6.07) is 4.42. The zero-order valence-electron chi connectivity index (χ0n) is 11.4. The lowest BCUT2D eigenvalue weighted by molar-refractivity contribution is 0.270. The van der Waals surface area contributed by atoms with Gasteiger partial charge in [0.25, 0.3) is 0 Å². The van der Waals surface area contributed by atoms with Crippen molar-refractivity contribution in [2.45, 2.75) is 31.2 Å². The van der Waals surface area contributed by atoms with Crippen molar-refractivity contribution < 1.29 is 8.42 Å². The van der Waals surface area contributed by atoms with Crippen molar-refractivity contribution in [3.8, 4) is 0 Å². The van der Waals surface area contributed by atoms with Crippen molar-refractivity contribution >= 4 is 27.3 Å². The van der Waals surface area contributed by atoms with Crippen molar-refractivity contribution in [1.29, 1.82) is 0 Å². The molecule has 0 amide bonds. The Kier molecular flexibility index (Phi) is 4.66. The standard InChI is InChI=1S/C13H19ClN2O2S/c1-5-8-16(13(2,3)4)19(17,18)12-9-10(15)6-7-11(12)14/h5-7,9H,1,8,15H2,2-4H3. The number of nitrogens with two attached hydrogens (primary N) is 1. The summed E-state index contributed by atoms with van der Waals surface area (Å²) >= 11 is 5.99. The maximum Gasteiger partial charge on any atom is 0.245 e. The number of nitrogens with zero attached hydrogens (tertiary/aromatic N) is 1. The average Bonchev–Trinajstić information content (AvgIpc) is 2.27. The molecule has 1 aromatic rings. The minimum atomic E-state index is -3.72. The Morgan fingerprint density at radius 2 is 2.00 bits per heavy atom. The molecule has 0 fully saturated rings. The fourth-order valence-electron chi connectivity index (χ4n) is 1.69. The minimum absolute atomic E-state index is 0.0194. The molecule has 0 atom stereocenters. The maximum atomic E-state index is 12.7. The number of benzene rings is 1. The first-order valence-electron chi connectivity index (χ1n) is 5.79. The molecule has 1 rings (SSSR count). The SMILES string of the molecule is C=CCN(C(C)(C)C)S(=O)(=O)c1cc(N)ccc1Cl. The van der Waals surface area contributed by atoms with Gasteiger partial charge in [0.05, 0.1) is 5.02 Å². The van der Waals surface area contributed by atoms with Gasteiger partial charge in [-0.15, -0.1) is 6.58 Å². The molecule has 2 N–H and O–H groups in total. The number of rotatable bonds is 4. The molecule has 0 aliphatic carbocycles. The van der Waals surface area contributed by atoms with Gasteiger partial charge in [0, 0.05) is 17.8 Å². The predicted octanol–water partition coefficient (Wildman–Crippen LogP) is 2.90. The second kappa shape index (κ2) is 5.53. The Hall–Kier alpha value is -1.04. The predicted molar refractivity (Wildman–Crippen MR) is 79.7 cm³/mol. The second-order valence-electron chi connectivity index (χ2n) is 5.19. The molecule has 0 spiro atoms. The number of halogens is 1. The molecule has 0 bridgehead atoms. The van der Waals surface area contributed by atoms with Gasteiger partial charge in [0.15, 0.2) is 0 Å². The van der Waals surface area contributed by atoms with Crippen molar-refractivity contribution in [2.24, 2.45) is 0 Å². The van der Waals surface area contributed by atoms with E-state index in [4.69, 9.17) is 17.3 Å². The number of hydrogen-bond acceptors (Lipinski definition) is 3. The van der Waals surface area contributed by atoms with E-state index in [1.54, 1.807) is 12.1 Å². The van der Waals surface area contributed by atoms with Crippen LogP contribution in [0.2, 0.25) is 5.02 Å². The van der Waals surface area contributed by atoms with Crippen LogP contribution in [0.25, 0.3) is 0 Å². The highest BCUT2D eigenvalue weighted by Crippen LogP contribution is 2.30. The first-order valence-corrected chi connectivity index (χ1v) is 7.61. The van der Waals surface area contributed by atoms with Crippen molar-refractivity contribution in [3.63, 3.8) is 0 Å². The third-order valence-corrected chi connectivity index (χ3v) is 5.18. The van der Waals surface area contributed by atoms with Crippen molar-refractivity contribution in [3.05, 3.63) is 35.9 Å². The molecule has 6 heteroatoms. The lowest BCUT2D eigenvalue weighted by atomic mass is 10.1. The van der Waals surface area contributed by atoms with E-state index in [1.165, 1.54) is 16.4 Å². The molecule has 0 aromatic heterocycles. The normalized spacial score (nSPS) is 12.7. The van der Waals surface area contributed by atoms with Gasteiger partial charge in [-0.3, -0.25) is 0 Å². The highest BCUT2D eigenvalue weighted by Gasteiger charge is 2.34. The van der Waals surface area contributed by atoms with E-state index in [1.807, 2.05) is 20.8 Å². The molecule has 0 aliphatic rings. The van der Waals surface area contributed by atoms with E-state index in [0.717, 1.165) is 0 Å². The monoisotopic (exact) mass is 302 g/mol. The van der Waals surface area contributed by atoms with Crippen LogP contribution in [0, 0.1) is 0 Å². The lowest BCUT2D eigenvalue weighted by Gasteiger charge is -2.33. The Morgan fingerprint density at radius 3 is 2.47 bits per heavy atom. The van der Waals surface area contributed by atoms with Crippen molar-refractivity contribution in [2.75, 3.05) is 12.3 Å². The maximum absolute atomic E-state index is 12.7. The smallest absolute Gasteiger partial charge is 0.245 e. The summed E-state index contributed by atoms with van der Waals surface area (Å²) in [6.45, 7) is 9.24. The fourth-order valence-corrected chi connectivity index (χ4v) is 3.96. The molecule has 0 aliphatic heterocycles. The Balaban J connectivity index is 3.43. The average molecular weight is 303 g/mol. The summed E-state index contributed by atoms with van der Waals surface area (Å²) in [7, 11) is -3.72. The summed E-state index contributed by atoms with van der Waals surface area (Å²) in [6.07, 6.45) is 1.54. The summed E-state index contributed by atoms with van der Waals surface area (Å²) < 4.78 is 26.7. The Labute approximate surface area is 119 Å². The molecule has 4 nitrogen and oxygen atoms in total. The molecule has 106 valence electrons. The van der Waals surface area contributed by atoms with Gasteiger partial charge < -0.3 is 5.73 Å². The quantitative estimate of drug-likeness (QED) is 0.687. The molecule has 19 heavy (non-hydrogen) atoms. The largest absolute Gasteiger partial charge is 0.399 e. The third-order valence-electron chi connectivity index (χ3n) is 2.57. The van der Waals surface area contributed by atoms with Crippen molar-refractivity contribution in [1.82, 2.24) is 4.31 Å². The molecule has 0 saturated carbocycles. The molecule has 0 saturated heterocycles. The van der Waals surface area contributed by atoms with Crippen LogP contribution < -0.4 is 5.73 Å². The van der Waals surface area contributed by atoms with Crippen LogP contribution >= 0.6 is 11.6 Å². The van der Waals surface area contributed by atoms with Crippen LogP contribution in [0.3, 0.4) is 0 Å². The van der Waals surface area contributed by atoms with E-state index >= 15 is 0 Å². The van der Waals surface area contributed by atoms with Crippen LogP contribution in [0.4, 0.5) is 5.69 Å². The van der Waals surface area contributed by atoms with E-state index in [9.17, 15) is 8.42 Å². The highest BCUT2D eigenvalue weighted by atomic mass is 35.5. The van der Waals surface area contributed by atoms with E-state index < -0.39 is 15.6 Å². The lowest BCUT2D eigenvalue weighted by Crippen LogP contribution is -2.45. The van der Waals surface area contributed by atoms with Gasteiger partial charge in [-0.1, -0.05) is 17.7 Å². The van der Waals surface area contributed by atoms with Gasteiger partial charge >= 0.3 is 0 Å². The van der Waals surface area contributed by atoms with Crippen LogP contribution in [0.1, 0.15) is 20.8 Å². The Morgan fingerprint density at radius 1 is 1.42 bits per heavy atom. The second-order valence-corrected chi connectivity index (χ2v) is 7.42. The summed E-state index contributed by atoms with van der Waals surface area (Å²) in [5.74, 6) is 0. The molecule has 0 heterocycles. The molecule has 0 unspecified atom stereocenters. The van der Waals surface area contributed by atoms with Gasteiger partial charge in [-0.25, -0.2) is 8.42 Å². The van der Waals surface area contributed by atoms with Gasteiger partial charge in [-0.05, 0) is 39.0 Å². The number of hydrogen-bond donors (Lipinski definition) is 1. The molecule has 1 aromatic carbocycles. The zero-order valence-corrected chi connectivity index (χ0v) is 12.9. The summed E-state index contributed by atoms with van der Waals surface area (Å²) in [5.41, 5.74) is 5.42. The van der Waals surface area contributed by atoms with E-state index in [0.29, 0.717) is 5.69 Å². The minimum Gasteiger partial charge on any atom is -0.399 e. The topological polar surface area (TPSA) is 63.4 Å². The van der Waals surface area contributed by atoms with Crippen LogP contribution in [-0.2, 0) is 10.0 Å². The van der Waals surface area contributed by atoms with Crippen LogP contribution in [0.15, 0.2) is 35.7 Å². The highest BCUT2D eigenvalue weighted by molar-refractivity contribution is 7.89. The van der Waals surface area contributed by atoms with Gasteiger partial charge in [0.1, 0.15) is 4.90 Å². The first kappa shape index (κ1) is 16.0. The number of nitrogen functional groups attached to an aromatic ring is 1. The Bertz CT molecular complexity index is 577. The van der Waals surface area contributed by atoms with Crippen LogP contribution in [-0.4, -0.2) is 24.8 Å². The molecular formula is C13H19ClN2O2S. The van der Waals surface area contributed by atoms with E-state index in [2.05, 4.69) is 6.58 Å². The number of sulfonamides is 1. The molecule has 0 radical (unpaired) electrons. The summed E-state index contributed by atoms with van der Waals surface area (Å²) in [4.78, 5) is 0.0194. The van der Waals surface area contributed by atoms with E-state index in [-0.39, 0.29) is 16.5 Å².